The lowest BCUT2D eigenvalue weighted by molar-refractivity contribution is -0.115. The van der Waals surface area contributed by atoms with E-state index in [9.17, 15) is 4.79 Å². The summed E-state index contributed by atoms with van der Waals surface area (Å²) in [5.74, 6) is 0.946. The van der Waals surface area contributed by atoms with E-state index >= 15 is 0 Å². The standard InChI is InChI=1S/C22H29ClN2OS3/c1-5-6-7-8-13-29-20(16-9-11-17(23)12-10-16)21(26)25-19-18(27-3)14-15(2)24-22(19)28-4/h9-12,14,20H,5-8,13H2,1-4H3,(H,25,26). The number of hydrogen-bond acceptors (Lipinski definition) is 5. The van der Waals surface area contributed by atoms with E-state index in [1.165, 1.54) is 19.3 Å². The first kappa shape index (κ1) is 24.4. The molecule has 2 rings (SSSR count). The molecule has 0 aliphatic heterocycles. The van der Waals surface area contributed by atoms with Crippen LogP contribution in [0.25, 0.3) is 0 Å². The number of amides is 1. The van der Waals surface area contributed by atoms with Gasteiger partial charge in [-0.25, -0.2) is 4.98 Å². The van der Waals surface area contributed by atoms with Crippen molar-refractivity contribution in [1.82, 2.24) is 4.98 Å². The third-order valence-electron chi connectivity index (χ3n) is 4.43. The molecule has 0 radical (unpaired) electrons. The van der Waals surface area contributed by atoms with Crippen LogP contribution in [0.2, 0.25) is 5.02 Å². The number of hydrogen-bond donors (Lipinski definition) is 1. The van der Waals surface area contributed by atoms with Crippen molar-refractivity contribution in [2.75, 3.05) is 23.6 Å². The molecule has 1 aromatic carbocycles. The largest absolute Gasteiger partial charge is 0.322 e. The van der Waals surface area contributed by atoms with E-state index < -0.39 is 0 Å². The molecule has 1 N–H and O–H groups in total. The maximum atomic E-state index is 13.3. The first-order valence-electron chi connectivity index (χ1n) is 9.77. The number of anilines is 1. The number of aromatic nitrogens is 1. The highest BCUT2D eigenvalue weighted by Crippen LogP contribution is 2.37. The zero-order valence-corrected chi connectivity index (χ0v) is 20.7. The first-order valence-corrected chi connectivity index (χ1v) is 13.6. The maximum absolute atomic E-state index is 13.3. The van der Waals surface area contributed by atoms with E-state index in [-0.39, 0.29) is 11.2 Å². The molecule has 1 heterocycles. The van der Waals surface area contributed by atoms with E-state index in [2.05, 4.69) is 17.2 Å². The van der Waals surface area contributed by atoms with Gasteiger partial charge < -0.3 is 5.32 Å². The molecule has 1 atom stereocenters. The summed E-state index contributed by atoms with van der Waals surface area (Å²) in [6, 6.07) is 9.62. The van der Waals surface area contributed by atoms with E-state index in [1.54, 1.807) is 35.3 Å². The number of halogens is 1. The van der Waals surface area contributed by atoms with Crippen molar-refractivity contribution in [1.29, 1.82) is 0 Å². The molecule has 1 unspecified atom stereocenters. The Bertz CT molecular complexity index is 774. The van der Waals surface area contributed by atoms with Gasteiger partial charge in [-0.3, -0.25) is 4.79 Å². The van der Waals surface area contributed by atoms with Gasteiger partial charge >= 0.3 is 0 Å². The minimum atomic E-state index is -0.278. The SMILES string of the molecule is CCCCCCSC(C(=O)Nc1c(SC)cc(C)nc1SC)c1ccc(Cl)cc1. The third kappa shape index (κ3) is 7.42. The number of unbranched alkanes of at least 4 members (excludes halogenated alkanes) is 3. The number of rotatable bonds is 11. The van der Waals surface area contributed by atoms with Crippen LogP contribution in [0.1, 0.15) is 49.1 Å². The molecular weight excluding hydrogens is 440 g/mol. The Hall–Kier alpha value is -0.820. The van der Waals surface area contributed by atoms with Crippen molar-refractivity contribution in [2.24, 2.45) is 0 Å². The average Bonchev–Trinajstić information content (AvgIpc) is 2.72. The molecule has 1 aromatic heterocycles. The number of carbonyl (C=O) groups is 1. The lowest BCUT2D eigenvalue weighted by Gasteiger charge is -2.20. The third-order valence-corrected chi connectivity index (χ3v) is 7.47. The Balaban J connectivity index is 2.24. The van der Waals surface area contributed by atoms with Crippen LogP contribution < -0.4 is 5.32 Å². The fourth-order valence-electron chi connectivity index (χ4n) is 2.92. The molecule has 7 heteroatoms. The molecule has 29 heavy (non-hydrogen) atoms. The number of aryl methyl sites for hydroxylation is 1. The fourth-order valence-corrected chi connectivity index (χ4v) is 5.52. The predicted octanol–water partition coefficient (Wildman–Crippen LogP) is 7.48. The summed E-state index contributed by atoms with van der Waals surface area (Å²) in [6.45, 7) is 4.19. The number of nitrogens with zero attached hydrogens (tertiary/aromatic N) is 1. The van der Waals surface area contributed by atoms with Crippen LogP contribution in [0.15, 0.2) is 40.3 Å². The molecule has 0 saturated heterocycles. The molecule has 0 saturated carbocycles. The topological polar surface area (TPSA) is 42.0 Å². The summed E-state index contributed by atoms with van der Waals surface area (Å²) < 4.78 is 0. The first-order chi connectivity index (χ1) is 14.0. The predicted molar refractivity (Wildman–Crippen MR) is 132 cm³/mol. The van der Waals surface area contributed by atoms with E-state index in [0.29, 0.717) is 5.02 Å². The molecule has 0 fully saturated rings. The van der Waals surface area contributed by atoms with Crippen LogP contribution in [0.3, 0.4) is 0 Å². The minimum absolute atomic E-state index is 0.0101. The van der Waals surface area contributed by atoms with Crippen molar-refractivity contribution in [2.45, 2.75) is 54.7 Å². The second kappa shape index (κ2) is 12.8. The van der Waals surface area contributed by atoms with Gasteiger partial charge in [-0.15, -0.1) is 35.3 Å². The Kier molecular flexibility index (Phi) is 10.8. The highest BCUT2D eigenvalue weighted by Gasteiger charge is 2.23. The van der Waals surface area contributed by atoms with Crippen molar-refractivity contribution in [3.63, 3.8) is 0 Å². The number of nitrogens with one attached hydrogen (secondary N) is 1. The molecule has 0 bridgehead atoms. The summed E-state index contributed by atoms with van der Waals surface area (Å²) in [7, 11) is 0. The van der Waals surface area contributed by atoms with E-state index in [1.807, 2.05) is 49.8 Å². The molecule has 0 spiro atoms. The Morgan fingerprint density at radius 3 is 2.48 bits per heavy atom. The lowest BCUT2D eigenvalue weighted by Crippen LogP contribution is -2.20. The van der Waals surface area contributed by atoms with Gasteiger partial charge in [-0.1, -0.05) is 49.9 Å². The molecule has 158 valence electrons. The average molecular weight is 469 g/mol. The van der Waals surface area contributed by atoms with Gasteiger partial charge in [0, 0.05) is 15.6 Å². The minimum Gasteiger partial charge on any atom is -0.322 e. The van der Waals surface area contributed by atoms with Crippen LogP contribution in [0.4, 0.5) is 5.69 Å². The summed E-state index contributed by atoms with van der Waals surface area (Å²) in [5.41, 5.74) is 2.74. The van der Waals surface area contributed by atoms with Crippen molar-refractivity contribution in [3.05, 3.63) is 46.6 Å². The van der Waals surface area contributed by atoms with E-state index in [4.69, 9.17) is 11.6 Å². The molecule has 1 amide bonds. The zero-order chi connectivity index (χ0) is 21.2. The fraction of sp³-hybridized carbons (Fsp3) is 0.455. The number of thioether (sulfide) groups is 3. The van der Waals surface area contributed by atoms with Gasteiger partial charge in [0.25, 0.3) is 0 Å². The molecule has 3 nitrogen and oxygen atoms in total. The van der Waals surface area contributed by atoms with Gasteiger partial charge in [0.05, 0.1) is 5.69 Å². The summed E-state index contributed by atoms with van der Waals surface area (Å²) in [5, 5.41) is 4.43. The molecule has 0 aliphatic carbocycles. The lowest BCUT2D eigenvalue weighted by atomic mass is 10.1. The smallest absolute Gasteiger partial charge is 0.242 e. The maximum Gasteiger partial charge on any atom is 0.242 e. The van der Waals surface area contributed by atoms with Crippen LogP contribution in [-0.2, 0) is 4.79 Å². The summed E-state index contributed by atoms with van der Waals surface area (Å²) in [6.07, 6.45) is 8.78. The second-order valence-corrected chi connectivity index (χ2v) is 9.99. The Labute approximate surface area is 192 Å². The van der Waals surface area contributed by atoms with Gasteiger partial charge in [0.1, 0.15) is 10.3 Å². The Morgan fingerprint density at radius 1 is 1.14 bits per heavy atom. The molecular formula is C22H29ClN2OS3. The van der Waals surface area contributed by atoms with Gasteiger partial charge in [0.2, 0.25) is 5.91 Å². The van der Waals surface area contributed by atoms with Gasteiger partial charge in [-0.05, 0) is 55.4 Å². The van der Waals surface area contributed by atoms with Crippen LogP contribution in [0.5, 0.6) is 0 Å². The normalized spacial score (nSPS) is 12.0. The van der Waals surface area contributed by atoms with E-state index in [0.717, 1.165) is 39.0 Å². The van der Waals surface area contributed by atoms with Gasteiger partial charge in [-0.2, -0.15) is 0 Å². The van der Waals surface area contributed by atoms with Crippen LogP contribution in [-0.4, -0.2) is 29.2 Å². The van der Waals surface area contributed by atoms with Gasteiger partial charge in [0.15, 0.2) is 0 Å². The number of carbonyl (C=O) groups excluding carboxylic acids is 1. The van der Waals surface area contributed by atoms with Crippen molar-refractivity contribution in [3.8, 4) is 0 Å². The van der Waals surface area contributed by atoms with Crippen LogP contribution >= 0.6 is 46.9 Å². The zero-order valence-electron chi connectivity index (χ0n) is 17.5. The number of pyridine rings is 1. The highest BCUT2D eigenvalue weighted by atomic mass is 35.5. The highest BCUT2D eigenvalue weighted by molar-refractivity contribution is 8.00. The van der Waals surface area contributed by atoms with Crippen molar-refractivity contribution < 1.29 is 4.79 Å². The molecule has 0 aliphatic rings. The quantitative estimate of drug-likeness (QED) is 0.273. The van der Waals surface area contributed by atoms with Crippen LogP contribution in [0, 0.1) is 6.92 Å². The monoisotopic (exact) mass is 468 g/mol. The second-order valence-electron chi connectivity index (χ2n) is 6.70. The number of benzene rings is 1. The summed E-state index contributed by atoms with van der Waals surface area (Å²) in [4.78, 5) is 19.0. The summed E-state index contributed by atoms with van der Waals surface area (Å²) >= 11 is 10.9. The van der Waals surface area contributed by atoms with Crippen molar-refractivity contribution >= 4 is 58.5 Å². The Morgan fingerprint density at radius 2 is 1.86 bits per heavy atom. The molecule has 2 aromatic rings.